The van der Waals surface area contributed by atoms with Gasteiger partial charge in [-0.05, 0) is 42.5 Å². The molecule has 0 aliphatic carbocycles. The van der Waals surface area contributed by atoms with E-state index in [2.05, 4.69) is 5.10 Å². The summed E-state index contributed by atoms with van der Waals surface area (Å²) in [5.74, 6) is 1.57. The average molecular weight is 309 g/mol. The van der Waals surface area contributed by atoms with Gasteiger partial charge in [0.2, 0.25) is 0 Å². The Kier molecular flexibility index (Phi) is 4.30. The van der Waals surface area contributed by atoms with Crippen LogP contribution in [0.25, 0.3) is 16.9 Å². The third kappa shape index (κ3) is 2.91. The normalized spacial score (nSPS) is 10.6. The number of benzene rings is 2. The monoisotopic (exact) mass is 309 g/mol. The molecule has 0 bridgehead atoms. The third-order valence-electron chi connectivity index (χ3n) is 3.67. The van der Waals surface area contributed by atoms with Gasteiger partial charge >= 0.3 is 0 Å². The van der Waals surface area contributed by atoms with Crippen LogP contribution >= 0.6 is 0 Å². The van der Waals surface area contributed by atoms with Crippen molar-refractivity contribution in [2.75, 3.05) is 14.2 Å². The van der Waals surface area contributed by atoms with Crippen molar-refractivity contribution < 1.29 is 9.47 Å². The molecule has 5 nitrogen and oxygen atoms in total. The summed E-state index contributed by atoms with van der Waals surface area (Å²) in [5, 5.41) is 4.61. The van der Waals surface area contributed by atoms with Gasteiger partial charge in [0.1, 0.15) is 17.2 Å². The topological polar surface area (TPSA) is 62.3 Å². The SMILES string of the molecule is COc1ccc(-c2cc(CN)nn2-c2ccccc2OC)cc1. The molecule has 1 heterocycles. The molecule has 118 valence electrons. The minimum atomic E-state index is 0.380. The lowest BCUT2D eigenvalue weighted by Gasteiger charge is -2.12. The van der Waals surface area contributed by atoms with Crippen LogP contribution in [0.15, 0.2) is 54.6 Å². The molecule has 0 aliphatic heterocycles. The van der Waals surface area contributed by atoms with Crippen molar-refractivity contribution in [2.24, 2.45) is 5.73 Å². The first kappa shape index (κ1) is 15.1. The molecule has 0 radical (unpaired) electrons. The van der Waals surface area contributed by atoms with E-state index in [1.165, 1.54) is 0 Å². The molecule has 23 heavy (non-hydrogen) atoms. The van der Waals surface area contributed by atoms with Crippen LogP contribution in [-0.4, -0.2) is 24.0 Å². The van der Waals surface area contributed by atoms with Crippen molar-refractivity contribution in [2.45, 2.75) is 6.54 Å². The van der Waals surface area contributed by atoms with Gasteiger partial charge in [-0.15, -0.1) is 0 Å². The highest BCUT2D eigenvalue weighted by Crippen LogP contribution is 2.29. The van der Waals surface area contributed by atoms with Crippen LogP contribution in [0, 0.1) is 0 Å². The lowest BCUT2D eigenvalue weighted by atomic mass is 10.1. The number of nitrogens with zero attached hydrogens (tertiary/aromatic N) is 2. The number of ether oxygens (including phenoxy) is 2. The van der Waals surface area contributed by atoms with Crippen molar-refractivity contribution >= 4 is 0 Å². The van der Waals surface area contributed by atoms with Crippen LogP contribution in [0.3, 0.4) is 0 Å². The van der Waals surface area contributed by atoms with Crippen molar-refractivity contribution in [3.05, 3.63) is 60.3 Å². The van der Waals surface area contributed by atoms with Crippen LogP contribution in [0.5, 0.6) is 11.5 Å². The predicted octanol–water partition coefficient (Wildman–Crippen LogP) is 3.02. The zero-order valence-electron chi connectivity index (χ0n) is 13.2. The maximum absolute atomic E-state index is 5.78. The Morgan fingerprint density at radius 3 is 2.39 bits per heavy atom. The maximum atomic E-state index is 5.78. The Morgan fingerprint density at radius 2 is 1.74 bits per heavy atom. The first-order valence-electron chi connectivity index (χ1n) is 7.33. The summed E-state index contributed by atoms with van der Waals surface area (Å²) in [6.45, 7) is 0.380. The number of nitrogens with two attached hydrogens (primary N) is 1. The van der Waals surface area contributed by atoms with E-state index in [-0.39, 0.29) is 0 Å². The molecular weight excluding hydrogens is 290 g/mol. The highest BCUT2D eigenvalue weighted by atomic mass is 16.5. The minimum absolute atomic E-state index is 0.380. The first-order chi connectivity index (χ1) is 11.3. The fraction of sp³-hybridized carbons (Fsp3) is 0.167. The molecule has 2 N–H and O–H groups in total. The van der Waals surface area contributed by atoms with Gasteiger partial charge in [0.05, 0.1) is 25.6 Å². The zero-order chi connectivity index (χ0) is 16.2. The summed E-state index contributed by atoms with van der Waals surface area (Å²) < 4.78 is 12.5. The van der Waals surface area contributed by atoms with Crippen LogP contribution < -0.4 is 15.2 Å². The molecule has 3 rings (SSSR count). The number of rotatable bonds is 5. The van der Waals surface area contributed by atoms with Crippen LogP contribution in [0.1, 0.15) is 5.69 Å². The van der Waals surface area contributed by atoms with E-state index in [1.54, 1.807) is 14.2 Å². The van der Waals surface area contributed by atoms with E-state index >= 15 is 0 Å². The Labute approximate surface area is 135 Å². The molecule has 0 aliphatic rings. The van der Waals surface area contributed by atoms with E-state index in [4.69, 9.17) is 15.2 Å². The lowest BCUT2D eigenvalue weighted by Crippen LogP contribution is -2.03. The summed E-state index contributed by atoms with van der Waals surface area (Å²) in [7, 11) is 3.31. The van der Waals surface area contributed by atoms with Gasteiger partial charge in [-0.2, -0.15) is 5.10 Å². The number of hydrogen-bond acceptors (Lipinski definition) is 4. The van der Waals surface area contributed by atoms with Crippen molar-refractivity contribution in [3.8, 4) is 28.4 Å². The smallest absolute Gasteiger partial charge is 0.144 e. The summed E-state index contributed by atoms with van der Waals surface area (Å²) in [6, 6.07) is 17.6. The molecular formula is C18H19N3O2. The number of para-hydroxylation sites is 2. The highest BCUT2D eigenvalue weighted by Gasteiger charge is 2.14. The summed E-state index contributed by atoms with van der Waals surface area (Å²) in [4.78, 5) is 0. The van der Waals surface area contributed by atoms with E-state index in [1.807, 2.05) is 59.3 Å². The Balaban J connectivity index is 2.15. The van der Waals surface area contributed by atoms with Gasteiger partial charge in [-0.1, -0.05) is 12.1 Å². The fourth-order valence-electron chi connectivity index (χ4n) is 2.49. The standard InChI is InChI=1S/C18H19N3O2/c1-22-15-9-7-13(8-10-15)17-11-14(12-19)20-21(17)16-5-3-4-6-18(16)23-2/h3-11H,12,19H2,1-2H3. The van der Waals surface area contributed by atoms with Crippen LogP contribution in [0.4, 0.5) is 0 Å². The summed E-state index contributed by atoms with van der Waals surface area (Å²) in [5.41, 5.74) is 9.46. The van der Waals surface area contributed by atoms with E-state index in [0.29, 0.717) is 6.54 Å². The summed E-state index contributed by atoms with van der Waals surface area (Å²) >= 11 is 0. The molecule has 5 heteroatoms. The van der Waals surface area contributed by atoms with Crippen molar-refractivity contribution in [1.29, 1.82) is 0 Å². The quantitative estimate of drug-likeness (QED) is 0.787. The number of aromatic nitrogens is 2. The van der Waals surface area contributed by atoms with Gasteiger partial charge < -0.3 is 15.2 Å². The molecule has 0 spiro atoms. The van der Waals surface area contributed by atoms with Crippen molar-refractivity contribution in [1.82, 2.24) is 9.78 Å². The Morgan fingerprint density at radius 1 is 1.00 bits per heavy atom. The maximum Gasteiger partial charge on any atom is 0.144 e. The second-order valence-electron chi connectivity index (χ2n) is 5.04. The molecule has 0 amide bonds. The molecule has 0 atom stereocenters. The van der Waals surface area contributed by atoms with E-state index in [9.17, 15) is 0 Å². The second-order valence-corrected chi connectivity index (χ2v) is 5.04. The third-order valence-corrected chi connectivity index (χ3v) is 3.67. The molecule has 0 unspecified atom stereocenters. The largest absolute Gasteiger partial charge is 0.497 e. The summed E-state index contributed by atoms with van der Waals surface area (Å²) in [6.07, 6.45) is 0. The van der Waals surface area contributed by atoms with Gasteiger partial charge in [0.25, 0.3) is 0 Å². The predicted molar refractivity (Wildman–Crippen MR) is 90.0 cm³/mol. The lowest BCUT2D eigenvalue weighted by molar-refractivity contribution is 0.411. The van der Waals surface area contributed by atoms with E-state index in [0.717, 1.165) is 34.1 Å². The molecule has 1 aromatic heterocycles. The van der Waals surface area contributed by atoms with Gasteiger partial charge in [-0.25, -0.2) is 4.68 Å². The molecule has 0 saturated carbocycles. The van der Waals surface area contributed by atoms with Crippen LogP contribution in [-0.2, 0) is 6.54 Å². The first-order valence-corrected chi connectivity index (χ1v) is 7.33. The zero-order valence-corrected chi connectivity index (χ0v) is 13.2. The van der Waals surface area contributed by atoms with Gasteiger partial charge in [0, 0.05) is 12.1 Å². The second kappa shape index (κ2) is 6.54. The molecule has 0 fully saturated rings. The molecule has 0 saturated heterocycles. The van der Waals surface area contributed by atoms with Gasteiger partial charge in [0.15, 0.2) is 0 Å². The Bertz CT molecular complexity index is 794. The minimum Gasteiger partial charge on any atom is -0.497 e. The number of methoxy groups -OCH3 is 2. The number of hydrogen-bond donors (Lipinski definition) is 1. The fourth-order valence-corrected chi connectivity index (χ4v) is 2.49. The van der Waals surface area contributed by atoms with Gasteiger partial charge in [-0.3, -0.25) is 0 Å². The van der Waals surface area contributed by atoms with E-state index < -0.39 is 0 Å². The average Bonchev–Trinajstić information content (AvgIpc) is 3.06. The molecule has 2 aromatic carbocycles. The van der Waals surface area contributed by atoms with Crippen molar-refractivity contribution in [3.63, 3.8) is 0 Å². The van der Waals surface area contributed by atoms with Crippen LogP contribution in [0.2, 0.25) is 0 Å². The molecule has 3 aromatic rings. The Hall–Kier alpha value is -2.79. The highest BCUT2D eigenvalue weighted by molar-refractivity contribution is 5.65.